The molecule has 0 radical (unpaired) electrons. The largest absolute Gasteiger partial charge is 0.480 e. The van der Waals surface area contributed by atoms with Crippen molar-refractivity contribution < 1.29 is 34.2 Å². The number of aliphatic carboxylic acids is 1. The highest BCUT2D eigenvalue weighted by atomic mass is 32.1. The number of nitrogens with one attached hydrogen (secondary N) is 3. The van der Waals surface area contributed by atoms with Crippen molar-refractivity contribution in [3.05, 3.63) is 0 Å². The van der Waals surface area contributed by atoms with Crippen LogP contribution in [0.15, 0.2) is 0 Å². The number of hydrogen-bond donors (Lipinski definition) is 8. The molecule has 9 N–H and O–H groups in total. The second kappa shape index (κ2) is 11.4. The van der Waals surface area contributed by atoms with Crippen molar-refractivity contribution in [2.45, 2.75) is 50.5 Å². The highest BCUT2D eigenvalue weighted by Crippen LogP contribution is 1.97. The lowest BCUT2D eigenvalue weighted by atomic mass is 10.1. The average molecular weight is 407 g/mol. The summed E-state index contributed by atoms with van der Waals surface area (Å²) >= 11 is 3.92. The number of hydrogen-bond acceptors (Lipinski definition) is 8. The van der Waals surface area contributed by atoms with Crippen molar-refractivity contribution in [3.8, 4) is 0 Å². The van der Waals surface area contributed by atoms with Gasteiger partial charge in [-0.3, -0.25) is 19.2 Å². The number of carbonyl (C=O) groups excluding carboxylic acids is 4. The van der Waals surface area contributed by atoms with Gasteiger partial charge in [0.15, 0.2) is 0 Å². The maximum atomic E-state index is 12.1. The fourth-order valence-electron chi connectivity index (χ4n) is 1.76. The normalized spacial score (nSPS) is 16.2. The molecule has 5 atom stereocenters. The van der Waals surface area contributed by atoms with Gasteiger partial charge < -0.3 is 37.6 Å². The molecule has 0 aliphatic carbocycles. The van der Waals surface area contributed by atoms with Gasteiger partial charge in [0.1, 0.15) is 24.2 Å². The Morgan fingerprint density at radius 2 is 1.48 bits per heavy atom. The number of amides is 4. The first-order valence-electron chi connectivity index (χ1n) is 7.87. The molecule has 0 aliphatic heterocycles. The van der Waals surface area contributed by atoms with E-state index in [4.69, 9.17) is 16.6 Å². The molecular weight excluding hydrogens is 382 g/mol. The van der Waals surface area contributed by atoms with E-state index in [1.54, 1.807) is 0 Å². The van der Waals surface area contributed by atoms with Gasteiger partial charge in [-0.1, -0.05) is 0 Å². The lowest BCUT2D eigenvalue weighted by molar-refractivity contribution is -0.143. The van der Waals surface area contributed by atoms with Crippen molar-refractivity contribution >= 4 is 42.2 Å². The Morgan fingerprint density at radius 1 is 0.963 bits per heavy atom. The molecule has 0 aliphatic rings. The van der Waals surface area contributed by atoms with Gasteiger partial charge in [0.25, 0.3) is 0 Å². The summed E-state index contributed by atoms with van der Waals surface area (Å²) in [7, 11) is 0. The van der Waals surface area contributed by atoms with Crippen LogP contribution in [-0.4, -0.2) is 75.8 Å². The molecule has 0 bridgehead atoms. The monoisotopic (exact) mass is 407 g/mol. The van der Waals surface area contributed by atoms with Gasteiger partial charge >= 0.3 is 5.97 Å². The Hall–Kier alpha value is -2.38. The van der Waals surface area contributed by atoms with Crippen LogP contribution in [0.25, 0.3) is 0 Å². The first-order valence-corrected chi connectivity index (χ1v) is 8.50. The Kier molecular flexibility index (Phi) is 10.4. The zero-order chi connectivity index (χ0) is 21.3. The molecule has 12 nitrogen and oxygen atoms in total. The Balaban J connectivity index is 4.87. The summed E-state index contributed by atoms with van der Waals surface area (Å²) in [5, 5.41) is 24.9. The van der Waals surface area contributed by atoms with E-state index in [0.29, 0.717) is 0 Å². The molecule has 154 valence electrons. The molecule has 0 fully saturated rings. The van der Waals surface area contributed by atoms with Crippen LogP contribution < -0.4 is 27.4 Å². The molecule has 4 amide bonds. The van der Waals surface area contributed by atoms with E-state index in [2.05, 4.69) is 28.6 Å². The maximum Gasteiger partial charge on any atom is 0.326 e. The molecule has 0 saturated carbocycles. The number of carboxylic acid groups (broad SMARTS) is 1. The topological polar surface area (TPSA) is 214 Å². The molecule has 0 aromatic carbocycles. The van der Waals surface area contributed by atoms with E-state index in [1.807, 2.05) is 0 Å². The molecule has 27 heavy (non-hydrogen) atoms. The van der Waals surface area contributed by atoms with Gasteiger partial charge in [-0.2, -0.15) is 12.6 Å². The first kappa shape index (κ1) is 24.6. The van der Waals surface area contributed by atoms with Crippen LogP contribution in [0.2, 0.25) is 0 Å². The van der Waals surface area contributed by atoms with E-state index < -0.39 is 66.3 Å². The second-order valence-corrected chi connectivity index (χ2v) is 6.18. The number of carbonyl (C=O) groups is 5. The fourth-order valence-corrected chi connectivity index (χ4v) is 2.02. The summed E-state index contributed by atoms with van der Waals surface area (Å²) in [5.41, 5.74) is 10.4. The van der Waals surface area contributed by atoms with Crippen molar-refractivity contribution in [2.24, 2.45) is 11.5 Å². The summed E-state index contributed by atoms with van der Waals surface area (Å²) in [5.74, 6) is -5.02. The van der Waals surface area contributed by atoms with Crippen LogP contribution in [0.3, 0.4) is 0 Å². The number of nitrogens with two attached hydrogens (primary N) is 2. The predicted octanol–water partition coefficient (Wildman–Crippen LogP) is -3.94. The van der Waals surface area contributed by atoms with E-state index in [0.717, 1.165) is 0 Å². The molecule has 0 rings (SSSR count). The highest BCUT2D eigenvalue weighted by molar-refractivity contribution is 7.80. The van der Waals surface area contributed by atoms with Crippen LogP contribution in [0.4, 0.5) is 0 Å². The van der Waals surface area contributed by atoms with Crippen molar-refractivity contribution in [2.75, 3.05) is 5.75 Å². The number of aliphatic hydroxyl groups excluding tert-OH is 1. The molecule has 0 spiro atoms. The predicted molar refractivity (Wildman–Crippen MR) is 96.4 cm³/mol. The van der Waals surface area contributed by atoms with Crippen LogP contribution in [0.1, 0.15) is 20.3 Å². The lowest BCUT2D eigenvalue weighted by Crippen LogP contribution is -2.58. The first-order chi connectivity index (χ1) is 12.4. The van der Waals surface area contributed by atoms with Crippen LogP contribution in [-0.2, 0) is 24.0 Å². The van der Waals surface area contributed by atoms with Gasteiger partial charge in [-0.05, 0) is 13.8 Å². The van der Waals surface area contributed by atoms with Gasteiger partial charge in [-0.15, -0.1) is 0 Å². The van der Waals surface area contributed by atoms with Crippen molar-refractivity contribution in [1.82, 2.24) is 16.0 Å². The smallest absolute Gasteiger partial charge is 0.326 e. The van der Waals surface area contributed by atoms with Gasteiger partial charge in [0.2, 0.25) is 23.6 Å². The Bertz CT molecular complexity index is 586. The number of rotatable bonds is 11. The van der Waals surface area contributed by atoms with Gasteiger partial charge in [0, 0.05) is 5.75 Å². The van der Waals surface area contributed by atoms with Crippen molar-refractivity contribution in [1.29, 1.82) is 0 Å². The molecular formula is C14H25N5O7S. The molecule has 0 saturated heterocycles. The zero-order valence-electron chi connectivity index (χ0n) is 14.8. The van der Waals surface area contributed by atoms with Gasteiger partial charge in [0.05, 0.1) is 12.5 Å². The Morgan fingerprint density at radius 3 is 1.89 bits per heavy atom. The Labute approximate surface area is 160 Å². The van der Waals surface area contributed by atoms with E-state index >= 15 is 0 Å². The SMILES string of the molecule is CC(NC(=O)C(N)C(C)O)C(=O)NC(CS)C(=O)NC(CC(N)=O)C(=O)O. The third-order valence-corrected chi connectivity index (χ3v) is 3.78. The molecule has 13 heteroatoms. The van der Waals surface area contributed by atoms with E-state index in [-0.39, 0.29) is 5.75 Å². The lowest BCUT2D eigenvalue weighted by Gasteiger charge is -2.22. The van der Waals surface area contributed by atoms with Crippen LogP contribution in [0.5, 0.6) is 0 Å². The summed E-state index contributed by atoms with van der Waals surface area (Å²) in [6, 6.07) is -5.14. The van der Waals surface area contributed by atoms with E-state index in [1.165, 1.54) is 13.8 Å². The molecule has 5 unspecified atom stereocenters. The zero-order valence-corrected chi connectivity index (χ0v) is 15.7. The summed E-state index contributed by atoms with van der Waals surface area (Å²) in [6.45, 7) is 2.63. The quantitative estimate of drug-likeness (QED) is 0.158. The fraction of sp³-hybridized carbons (Fsp3) is 0.643. The minimum Gasteiger partial charge on any atom is -0.480 e. The molecule has 0 aromatic heterocycles. The minimum absolute atomic E-state index is 0.186. The molecule has 0 aromatic rings. The summed E-state index contributed by atoms with van der Waals surface area (Å²) in [6.07, 6.45) is -1.76. The van der Waals surface area contributed by atoms with Crippen molar-refractivity contribution in [3.63, 3.8) is 0 Å². The minimum atomic E-state index is -1.56. The van der Waals surface area contributed by atoms with E-state index in [9.17, 15) is 29.1 Å². The number of primary amides is 1. The third kappa shape index (κ3) is 8.70. The number of carboxylic acids is 1. The standard InChI is InChI=1S/C14H25N5O7S/c1-5(17-13(24)10(16)6(2)20)11(22)19-8(4-27)12(23)18-7(14(25)26)3-9(15)21/h5-8,10,20,27H,3-4,16H2,1-2H3,(H2,15,21)(H,17,24)(H,18,23)(H,19,22)(H,25,26). The number of aliphatic hydroxyl groups is 1. The third-order valence-electron chi connectivity index (χ3n) is 3.41. The number of thiol groups is 1. The average Bonchev–Trinajstić information content (AvgIpc) is 2.56. The molecule has 0 heterocycles. The van der Waals surface area contributed by atoms with Gasteiger partial charge in [-0.25, -0.2) is 4.79 Å². The second-order valence-electron chi connectivity index (χ2n) is 5.81. The summed E-state index contributed by atoms with van der Waals surface area (Å²) in [4.78, 5) is 57.9. The van der Waals surface area contributed by atoms with Crippen LogP contribution >= 0.6 is 12.6 Å². The highest BCUT2D eigenvalue weighted by Gasteiger charge is 2.29. The summed E-state index contributed by atoms with van der Waals surface area (Å²) < 4.78 is 0. The maximum absolute atomic E-state index is 12.1. The van der Waals surface area contributed by atoms with Crippen LogP contribution in [0, 0.1) is 0 Å².